The van der Waals surface area contributed by atoms with Gasteiger partial charge in [-0.2, -0.15) is 0 Å². The molecule has 100 valence electrons. The zero-order valence-corrected chi connectivity index (χ0v) is 11.7. The van der Waals surface area contributed by atoms with Crippen molar-refractivity contribution < 1.29 is 4.79 Å². The van der Waals surface area contributed by atoms with Crippen molar-refractivity contribution in [2.24, 2.45) is 5.73 Å². The highest BCUT2D eigenvalue weighted by Crippen LogP contribution is 2.12. The van der Waals surface area contributed by atoms with Gasteiger partial charge in [0.05, 0.1) is 17.1 Å². The molecule has 1 aromatic carbocycles. The number of nitrogens with one attached hydrogen (secondary N) is 1. The van der Waals surface area contributed by atoms with Gasteiger partial charge in [0, 0.05) is 11.1 Å². The molecule has 0 saturated carbocycles. The van der Waals surface area contributed by atoms with Crippen LogP contribution in [0, 0.1) is 6.92 Å². The fraction of sp³-hybridized carbons (Fsp3) is 0.286. The minimum Gasteiger partial charge on any atom is -0.330 e. The van der Waals surface area contributed by atoms with E-state index in [1.165, 1.54) is 5.56 Å². The standard InChI is InChI=1S/C14H17N3OS/c1-10-16-13(9-19-10)8-14(18)17-12-4-2-11(3-5-12)6-7-15/h2-5,9H,6-8,15H2,1H3,(H,17,18). The molecule has 4 nitrogen and oxygen atoms in total. The lowest BCUT2D eigenvalue weighted by atomic mass is 10.1. The summed E-state index contributed by atoms with van der Waals surface area (Å²) in [7, 11) is 0. The third kappa shape index (κ3) is 4.15. The second kappa shape index (κ2) is 6.45. The number of anilines is 1. The number of nitrogens with zero attached hydrogens (tertiary/aromatic N) is 1. The van der Waals surface area contributed by atoms with Crippen molar-refractivity contribution in [3.05, 3.63) is 45.9 Å². The van der Waals surface area contributed by atoms with Gasteiger partial charge in [0.2, 0.25) is 5.91 Å². The molecule has 0 saturated heterocycles. The van der Waals surface area contributed by atoms with Crippen LogP contribution in [0.3, 0.4) is 0 Å². The number of aromatic nitrogens is 1. The predicted octanol–water partition coefficient (Wildman–Crippen LogP) is 2.13. The zero-order chi connectivity index (χ0) is 13.7. The van der Waals surface area contributed by atoms with Crippen LogP contribution in [0.5, 0.6) is 0 Å². The van der Waals surface area contributed by atoms with Crippen molar-refractivity contribution in [1.29, 1.82) is 0 Å². The van der Waals surface area contributed by atoms with Gasteiger partial charge in [-0.1, -0.05) is 12.1 Å². The van der Waals surface area contributed by atoms with Crippen molar-refractivity contribution in [3.63, 3.8) is 0 Å². The quantitative estimate of drug-likeness (QED) is 0.878. The first kappa shape index (κ1) is 13.7. The maximum Gasteiger partial charge on any atom is 0.230 e. The van der Waals surface area contributed by atoms with Crippen molar-refractivity contribution in [2.45, 2.75) is 19.8 Å². The molecule has 0 atom stereocenters. The molecule has 0 spiro atoms. The summed E-state index contributed by atoms with van der Waals surface area (Å²) in [5, 5.41) is 5.76. The van der Waals surface area contributed by atoms with Gasteiger partial charge in [0.15, 0.2) is 0 Å². The van der Waals surface area contributed by atoms with Gasteiger partial charge in [-0.25, -0.2) is 4.98 Å². The summed E-state index contributed by atoms with van der Waals surface area (Å²) in [6, 6.07) is 7.76. The minimum absolute atomic E-state index is 0.0446. The molecule has 0 aliphatic heterocycles. The third-order valence-electron chi connectivity index (χ3n) is 2.68. The Kier molecular flexibility index (Phi) is 4.65. The van der Waals surface area contributed by atoms with E-state index in [0.717, 1.165) is 22.8 Å². The maximum atomic E-state index is 11.8. The predicted molar refractivity (Wildman–Crippen MR) is 78.4 cm³/mol. The molecule has 2 rings (SSSR count). The molecule has 2 aromatic rings. The third-order valence-corrected chi connectivity index (χ3v) is 3.50. The van der Waals surface area contributed by atoms with Crippen molar-refractivity contribution in [2.75, 3.05) is 11.9 Å². The minimum atomic E-state index is -0.0446. The van der Waals surface area contributed by atoms with Crippen LogP contribution in [-0.4, -0.2) is 17.4 Å². The molecule has 0 radical (unpaired) electrons. The molecule has 1 aromatic heterocycles. The highest BCUT2D eigenvalue weighted by Gasteiger charge is 2.06. The number of thiazole rings is 1. The van der Waals surface area contributed by atoms with E-state index in [4.69, 9.17) is 5.73 Å². The average Bonchev–Trinajstić information content (AvgIpc) is 2.77. The van der Waals surface area contributed by atoms with Crippen LogP contribution in [-0.2, 0) is 17.6 Å². The van der Waals surface area contributed by atoms with E-state index in [-0.39, 0.29) is 5.91 Å². The number of carbonyl (C=O) groups is 1. The Labute approximate surface area is 116 Å². The van der Waals surface area contributed by atoms with Gasteiger partial charge in [-0.3, -0.25) is 4.79 Å². The largest absolute Gasteiger partial charge is 0.330 e. The van der Waals surface area contributed by atoms with E-state index in [9.17, 15) is 4.79 Å². The topological polar surface area (TPSA) is 68.0 Å². The van der Waals surface area contributed by atoms with Crippen molar-refractivity contribution in [1.82, 2.24) is 4.98 Å². The fourth-order valence-electron chi connectivity index (χ4n) is 1.78. The Balaban J connectivity index is 1.91. The summed E-state index contributed by atoms with van der Waals surface area (Å²) in [4.78, 5) is 16.1. The van der Waals surface area contributed by atoms with E-state index in [1.54, 1.807) is 11.3 Å². The first-order chi connectivity index (χ1) is 9.17. The number of aryl methyl sites for hydroxylation is 1. The number of amides is 1. The van der Waals surface area contributed by atoms with Crippen LogP contribution in [0.25, 0.3) is 0 Å². The Bertz CT molecular complexity index is 548. The van der Waals surface area contributed by atoms with Crippen LogP contribution in [0.2, 0.25) is 0 Å². The van der Waals surface area contributed by atoms with Gasteiger partial charge >= 0.3 is 0 Å². The Morgan fingerprint density at radius 2 is 2.11 bits per heavy atom. The normalized spacial score (nSPS) is 10.4. The van der Waals surface area contributed by atoms with Crippen LogP contribution in [0.1, 0.15) is 16.3 Å². The molecule has 0 unspecified atom stereocenters. The number of benzene rings is 1. The fourth-order valence-corrected chi connectivity index (χ4v) is 2.39. The van der Waals surface area contributed by atoms with Crippen LogP contribution < -0.4 is 11.1 Å². The molecule has 1 amide bonds. The Hall–Kier alpha value is -1.72. The Morgan fingerprint density at radius 1 is 1.37 bits per heavy atom. The summed E-state index contributed by atoms with van der Waals surface area (Å²) in [6.45, 7) is 2.57. The summed E-state index contributed by atoms with van der Waals surface area (Å²) in [6.07, 6.45) is 1.17. The lowest BCUT2D eigenvalue weighted by molar-refractivity contribution is -0.115. The molecule has 0 aliphatic rings. The van der Waals surface area contributed by atoms with Crippen molar-refractivity contribution in [3.8, 4) is 0 Å². The van der Waals surface area contributed by atoms with E-state index >= 15 is 0 Å². The van der Waals surface area contributed by atoms with Gasteiger partial charge in [0.25, 0.3) is 0 Å². The van der Waals surface area contributed by atoms with Gasteiger partial charge < -0.3 is 11.1 Å². The maximum absolute atomic E-state index is 11.8. The van der Waals surface area contributed by atoms with E-state index < -0.39 is 0 Å². The van der Waals surface area contributed by atoms with E-state index in [0.29, 0.717) is 13.0 Å². The van der Waals surface area contributed by atoms with E-state index in [1.807, 2.05) is 36.6 Å². The lowest BCUT2D eigenvalue weighted by Gasteiger charge is -2.05. The van der Waals surface area contributed by atoms with Gasteiger partial charge in [-0.15, -0.1) is 11.3 Å². The highest BCUT2D eigenvalue weighted by molar-refractivity contribution is 7.09. The number of carbonyl (C=O) groups excluding carboxylic acids is 1. The molecule has 3 N–H and O–H groups in total. The van der Waals surface area contributed by atoms with Crippen LogP contribution in [0.15, 0.2) is 29.6 Å². The summed E-state index contributed by atoms with van der Waals surface area (Å²) in [5.74, 6) is -0.0446. The van der Waals surface area contributed by atoms with Crippen LogP contribution in [0.4, 0.5) is 5.69 Å². The smallest absolute Gasteiger partial charge is 0.230 e. The molecule has 0 bridgehead atoms. The molecular formula is C14H17N3OS. The first-order valence-corrected chi connectivity index (χ1v) is 7.05. The molecule has 5 heteroatoms. The monoisotopic (exact) mass is 275 g/mol. The molecular weight excluding hydrogens is 258 g/mol. The SMILES string of the molecule is Cc1nc(CC(=O)Nc2ccc(CCN)cc2)cs1. The highest BCUT2D eigenvalue weighted by atomic mass is 32.1. The van der Waals surface area contributed by atoms with Gasteiger partial charge in [0.1, 0.15) is 0 Å². The number of rotatable bonds is 5. The summed E-state index contributed by atoms with van der Waals surface area (Å²) < 4.78 is 0. The Morgan fingerprint density at radius 3 is 2.68 bits per heavy atom. The van der Waals surface area contributed by atoms with E-state index in [2.05, 4.69) is 10.3 Å². The molecule has 0 fully saturated rings. The number of hydrogen-bond donors (Lipinski definition) is 2. The summed E-state index contributed by atoms with van der Waals surface area (Å²) in [5.41, 5.74) is 8.29. The van der Waals surface area contributed by atoms with Crippen LogP contribution >= 0.6 is 11.3 Å². The van der Waals surface area contributed by atoms with Crippen molar-refractivity contribution >= 4 is 22.9 Å². The zero-order valence-electron chi connectivity index (χ0n) is 10.8. The second-order valence-corrected chi connectivity index (χ2v) is 5.38. The number of nitrogens with two attached hydrogens (primary N) is 1. The average molecular weight is 275 g/mol. The van der Waals surface area contributed by atoms with Gasteiger partial charge in [-0.05, 0) is 37.6 Å². The molecule has 0 aliphatic carbocycles. The number of hydrogen-bond acceptors (Lipinski definition) is 4. The first-order valence-electron chi connectivity index (χ1n) is 6.17. The summed E-state index contributed by atoms with van der Waals surface area (Å²) >= 11 is 1.56. The lowest BCUT2D eigenvalue weighted by Crippen LogP contribution is -2.14. The molecule has 19 heavy (non-hydrogen) atoms. The second-order valence-electron chi connectivity index (χ2n) is 4.32. The molecule has 1 heterocycles.